The lowest BCUT2D eigenvalue weighted by molar-refractivity contribution is -0.137. The molecule has 1 fully saturated rings. The van der Waals surface area contributed by atoms with Gasteiger partial charge in [-0.2, -0.15) is 0 Å². The molecule has 96 valence electrons. The van der Waals surface area contributed by atoms with Gasteiger partial charge < -0.3 is 0 Å². The number of amides is 2. The van der Waals surface area contributed by atoms with Gasteiger partial charge >= 0.3 is 0 Å². The van der Waals surface area contributed by atoms with Crippen molar-refractivity contribution in [3.05, 3.63) is 35.1 Å². The monoisotopic (exact) mass is 249 g/mol. The Labute approximate surface area is 105 Å². The van der Waals surface area contributed by atoms with Gasteiger partial charge in [0.2, 0.25) is 11.8 Å². The first-order valence-corrected chi connectivity index (χ1v) is 6.12. The molecule has 2 amide bonds. The summed E-state index contributed by atoms with van der Waals surface area (Å²) in [6.45, 7) is 3.59. The van der Waals surface area contributed by atoms with Crippen molar-refractivity contribution in [3.8, 4) is 0 Å². The van der Waals surface area contributed by atoms with E-state index >= 15 is 0 Å². The van der Waals surface area contributed by atoms with Crippen LogP contribution in [0.15, 0.2) is 18.2 Å². The Morgan fingerprint density at radius 1 is 1.39 bits per heavy atom. The van der Waals surface area contributed by atoms with Crippen molar-refractivity contribution in [2.45, 2.75) is 32.6 Å². The maximum absolute atomic E-state index is 13.6. The Hall–Kier alpha value is -1.71. The van der Waals surface area contributed by atoms with Crippen LogP contribution in [0.5, 0.6) is 0 Å². The van der Waals surface area contributed by atoms with Gasteiger partial charge in [0.25, 0.3) is 0 Å². The SMILES string of the molecule is CCC1C(=O)NC(=O)CC1c1ccc(C)c(F)c1. The largest absolute Gasteiger partial charge is 0.296 e. The van der Waals surface area contributed by atoms with Gasteiger partial charge in [-0.05, 0) is 30.5 Å². The molecule has 0 aromatic heterocycles. The molecule has 2 unspecified atom stereocenters. The minimum Gasteiger partial charge on any atom is -0.296 e. The molecule has 4 heteroatoms. The fraction of sp³-hybridized carbons (Fsp3) is 0.429. The molecular formula is C14H16FNO2. The first kappa shape index (κ1) is 12.7. The number of benzene rings is 1. The molecule has 1 heterocycles. The molecule has 1 aromatic carbocycles. The van der Waals surface area contributed by atoms with Crippen molar-refractivity contribution in [3.63, 3.8) is 0 Å². The third-order valence-electron chi connectivity index (χ3n) is 3.55. The highest BCUT2D eigenvalue weighted by Gasteiger charge is 2.35. The lowest BCUT2D eigenvalue weighted by Crippen LogP contribution is -2.44. The van der Waals surface area contributed by atoms with Crippen molar-refractivity contribution in [1.82, 2.24) is 5.32 Å². The molecule has 18 heavy (non-hydrogen) atoms. The average molecular weight is 249 g/mol. The lowest BCUT2D eigenvalue weighted by Gasteiger charge is -2.29. The summed E-state index contributed by atoms with van der Waals surface area (Å²) >= 11 is 0. The number of aryl methyl sites for hydroxylation is 1. The summed E-state index contributed by atoms with van der Waals surface area (Å²) < 4.78 is 13.6. The number of carbonyl (C=O) groups is 2. The molecule has 1 saturated heterocycles. The molecule has 3 nitrogen and oxygen atoms in total. The highest BCUT2D eigenvalue weighted by atomic mass is 19.1. The lowest BCUT2D eigenvalue weighted by atomic mass is 9.79. The quantitative estimate of drug-likeness (QED) is 0.817. The second kappa shape index (κ2) is 4.88. The second-order valence-corrected chi connectivity index (χ2v) is 4.75. The van der Waals surface area contributed by atoms with E-state index in [1.54, 1.807) is 19.1 Å². The molecule has 2 atom stereocenters. The zero-order chi connectivity index (χ0) is 13.3. The molecular weight excluding hydrogens is 233 g/mol. The van der Waals surface area contributed by atoms with Crippen LogP contribution in [0, 0.1) is 18.7 Å². The Morgan fingerprint density at radius 3 is 2.72 bits per heavy atom. The summed E-state index contributed by atoms with van der Waals surface area (Å²) in [5, 5.41) is 2.33. The zero-order valence-electron chi connectivity index (χ0n) is 10.5. The minimum absolute atomic E-state index is 0.216. The fourth-order valence-corrected chi connectivity index (χ4v) is 2.47. The van der Waals surface area contributed by atoms with Crippen molar-refractivity contribution >= 4 is 11.8 Å². The predicted octanol–water partition coefficient (Wildman–Crippen LogP) is 2.29. The van der Waals surface area contributed by atoms with E-state index in [0.717, 1.165) is 5.56 Å². The van der Waals surface area contributed by atoms with Crippen molar-refractivity contribution in [1.29, 1.82) is 0 Å². The molecule has 0 saturated carbocycles. The van der Waals surface area contributed by atoms with Crippen LogP contribution in [0.2, 0.25) is 0 Å². The van der Waals surface area contributed by atoms with Crippen LogP contribution in [0.25, 0.3) is 0 Å². The van der Waals surface area contributed by atoms with Crippen molar-refractivity contribution in [2.75, 3.05) is 0 Å². The molecule has 0 radical (unpaired) electrons. The third-order valence-corrected chi connectivity index (χ3v) is 3.55. The van der Waals surface area contributed by atoms with Crippen LogP contribution in [0.4, 0.5) is 4.39 Å². The Morgan fingerprint density at radius 2 is 2.11 bits per heavy atom. The first-order valence-electron chi connectivity index (χ1n) is 6.12. The van der Waals surface area contributed by atoms with E-state index in [4.69, 9.17) is 0 Å². The highest BCUT2D eigenvalue weighted by Crippen LogP contribution is 2.33. The number of rotatable bonds is 2. The topological polar surface area (TPSA) is 46.2 Å². The third kappa shape index (κ3) is 2.28. The van der Waals surface area contributed by atoms with Gasteiger partial charge in [-0.1, -0.05) is 19.1 Å². The number of imide groups is 1. The first-order chi connectivity index (χ1) is 8.52. The maximum Gasteiger partial charge on any atom is 0.230 e. The average Bonchev–Trinajstić information content (AvgIpc) is 2.32. The van der Waals surface area contributed by atoms with Crippen LogP contribution in [-0.2, 0) is 9.59 Å². The second-order valence-electron chi connectivity index (χ2n) is 4.75. The summed E-state index contributed by atoms with van der Waals surface area (Å²) in [6.07, 6.45) is 0.881. The number of halogens is 1. The summed E-state index contributed by atoms with van der Waals surface area (Å²) in [6, 6.07) is 4.93. The van der Waals surface area contributed by atoms with Gasteiger partial charge in [-0.15, -0.1) is 0 Å². The maximum atomic E-state index is 13.6. The van der Waals surface area contributed by atoms with E-state index in [9.17, 15) is 14.0 Å². The van der Waals surface area contributed by atoms with Crippen molar-refractivity contribution < 1.29 is 14.0 Å². The Kier molecular flexibility index (Phi) is 3.45. The normalized spacial score (nSPS) is 23.9. The van der Waals surface area contributed by atoms with Gasteiger partial charge in [-0.25, -0.2) is 4.39 Å². The molecule has 0 bridgehead atoms. The highest BCUT2D eigenvalue weighted by molar-refractivity contribution is 5.99. The Balaban J connectivity index is 2.36. The van der Waals surface area contributed by atoms with Gasteiger partial charge in [0.1, 0.15) is 5.82 Å². The van der Waals surface area contributed by atoms with E-state index < -0.39 is 0 Å². The van der Waals surface area contributed by atoms with Gasteiger partial charge in [-0.3, -0.25) is 14.9 Å². The zero-order valence-corrected chi connectivity index (χ0v) is 10.5. The van der Waals surface area contributed by atoms with Crippen LogP contribution in [0.3, 0.4) is 0 Å². The predicted molar refractivity (Wildman–Crippen MR) is 65.4 cm³/mol. The van der Waals surface area contributed by atoms with Crippen LogP contribution < -0.4 is 5.32 Å². The summed E-state index contributed by atoms with van der Waals surface area (Å²) in [4.78, 5) is 23.2. The van der Waals surface area contributed by atoms with Crippen LogP contribution >= 0.6 is 0 Å². The number of piperidine rings is 1. The van der Waals surface area contributed by atoms with E-state index in [-0.39, 0.29) is 35.9 Å². The molecule has 2 rings (SSSR count). The Bertz CT molecular complexity index is 499. The van der Waals surface area contributed by atoms with Gasteiger partial charge in [0.05, 0.1) is 0 Å². The molecule has 1 aliphatic rings. The smallest absolute Gasteiger partial charge is 0.230 e. The number of hydrogen-bond acceptors (Lipinski definition) is 2. The summed E-state index contributed by atoms with van der Waals surface area (Å²) in [5.41, 5.74) is 1.30. The molecule has 0 aliphatic carbocycles. The van der Waals surface area contributed by atoms with Crippen molar-refractivity contribution in [2.24, 2.45) is 5.92 Å². The van der Waals surface area contributed by atoms with E-state index in [1.807, 2.05) is 6.92 Å². The number of nitrogens with one attached hydrogen (secondary N) is 1. The summed E-state index contributed by atoms with van der Waals surface area (Å²) in [7, 11) is 0. The van der Waals surface area contributed by atoms with Crippen LogP contribution in [-0.4, -0.2) is 11.8 Å². The fourth-order valence-electron chi connectivity index (χ4n) is 2.47. The van der Waals surface area contributed by atoms with Crippen LogP contribution in [0.1, 0.15) is 36.8 Å². The molecule has 1 aliphatic heterocycles. The van der Waals surface area contributed by atoms with E-state index in [1.165, 1.54) is 6.07 Å². The number of carbonyl (C=O) groups excluding carboxylic acids is 2. The van der Waals surface area contributed by atoms with E-state index in [2.05, 4.69) is 5.32 Å². The van der Waals surface area contributed by atoms with Gasteiger partial charge in [0, 0.05) is 18.3 Å². The standard InChI is InChI=1S/C14H16FNO2/c1-3-10-11(7-13(17)16-14(10)18)9-5-4-8(2)12(15)6-9/h4-6,10-11H,3,7H2,1-2H3,(H,16,17,18). The molecule has 0 spiro atoms. The number of hydrogen-bond donors (Lipinski definition) is 1. The summed E-state index contributed by atoms with van der Waals surface area (Å²) in [5.74, 6) is -1.30. The molecule has 1 N–H and O–H groups in total. The van der Waals surface area contributed by atoms with Gasteiger partial charge in [0.15, 0.2) is 0 Å². The van der Waals surface area contributed by atoms with E-state index in [0.29, 0.717) is 12.0 Å². The minimum atomic E-state index is -0.291. The molecule has 1 aromatic rings.